The lowest BCUT2D eigenvalue weighted by Crippen LogP contribution is -2.23. The summed E-state index contributed by atoms with van der Waals surface area (Å²) in [7, 11) is 0. The van der Waals surface area contributed by atoms with Gasteiger partial charge in [-0.1, -0.05) is 0 Å². The molecular formula is C14H21N3O2. The third-order valence-corrected chi connectivity index (χ3v) is 2.90. The Hall–Kier alpha value is -1.75. The Morgan fingerprint density at radius 1 is 1.42 bits per heavy atom. The minimum Gasteiger partial charge on any atom is -0.489 e. The monoisotopic (exact) mass is 263 g/mol. The molecule has 2 aromatic rings. The molecule has 0 aliphatic heterocycles. The van der Waals surface area contributed by atoms with Crippen molar-refractivity contribution in [3.63, 3.8) is 0 Å². The van der Waals surface area contributed by atoms with E-state index in [-0.39, 0.29) is 6.04 Å². The fourth-order valence-electron chi connectivity index (χ4n) is 1.76. The van der Waals surface area contributed by atoms with E-state index in [0.717, 1.165) is 18.1 Å². The maximum absolute atomic E-state index is 5.63. The molecule has 0 aliphatic rings. The Balaban J connectivity index is 1.69. The number of hydrogen-bond donors (Lipinski definition) is 1. The van der Waals surface area contributed by atoms with Crippen LogP contribution in [0.1, 0.15) is 38.6 Å². The Morgan fingerprint density at radius 3 is 2.89 bits per heavy atom. The zero-order valence-electron chi connectivity index (χ0n) is 11.7. The largest absolute Gasteiger partial charge is 0.489 e. The molecule has 104 valence electrons. The van der Waals surface area contributed by atoms with Crippen LogP contribution in [0.3, 0.4) is 0 Å². The zero-order valence-corrected chi connectivity index (χ0v) is 11.7. The maximum Gasteiger partial charge on any atom is 0.157 e. The van der Waals surface area contributed by atoms with Crippen LogP contribution >= 0.6 is 0 Å². The van der Waals surface area contributed by atoms with Crippen LogP contribution in [0, 0.1) is 0 Å². The van der Waals surface area contributed by atoms with Gasteiger partial charge in [-0.2, -0.15) is 5.10 Å². The molecular weight excluding hydrogens is 242 g/mol. The predicted molar refractivity (Wildman–Crippen MR) is 73.2 cm³/mol. The molecule has 5 nitrogen and oxygen atoms in total. The summed E-state index contributed by atoms with van der Waals surface area (Å²) < 4.78 is 12.8. The number of rotatable bonds is 7. The lowest BCUT2D eigenvalue weighted by Gasteiger charge is -2.11. The van der Waals surface area contributed by atoms with Crippen molar-refractivity contribution in [3.8, 4) is 5.75 Å². The van der Waals surface area contributed by atoms with Crippen LogP contribution in [0.25, 0.3) is 0 Å². The smallest absolute Gasteiger partial charge is 0.157 e. The van der Waals surface area contributed by atoms with Gasteiger partial charge in [0.1, 0.15) is 12.4 Å². The number of nitrogens with zero attached hydrogens (tertiary/aromatic N) is 2. The van der Waals surface area contributed by atoms with Gasteiger partial charge in [-0.05, 0) is 32.9 Å². The van der Waals surface area contributed by atoms with Crippen LogP contribution in [0.15, 0.2) is 35.2 Å². The molecule has 2 heterocycles. The van der Waals surface area contributed by atoms with Crippen molar-refractivity contribution >= 4 is 0 Å². The van der Waals surface area contributed by atoms with Gasteiger partial charge in [0.05, 0.1) is 24.7 Å². The van der Waals surface area contributed by atoms with E-state index in [1.54, 1.807) is 12.5 Å². The molecule has 0 amide bonds. The first-order valence-corrected chi connectivity index (χ1v) is 6.60. The SMILES string of the molecule is CC(NCCOc1cnn(C(C)C)c1)c1ccco1. The third kappa shape index (κ3) is 3.86. The summed E-state index contributed by atoms with van der Waals surface area (Å²) in [6, 6.07) is 4.40. The van der Waals surface area contributed by atoms with E-state index in [2.05, 4.69) is 31.2 Å². The van der Waals surface area contributed by atoms with Crippen LogP contribution < -0.4 is 10.1 Å². The van der Waals surface area contributed by atoms with Crippen LogP contribution in [0.2, 0.25) is 0 Å². The standard InChI is InChI=1S/C14H21N3O2/c1-11(2)17-10-13(9-16-17)18-8-6-15-12(3)14-5-4-7-19-14/h4-5,7,9-12,15H,6,8H2,1-3H3. The maximum atomic E-state index is 5.63. The van der Waals surface area contributed by atoms with E-state index >= 15 is 0 Å². The Kier molecular flexibility index (Phi) is 4.63. The lowest BCUT2D eigenvalue weighted by atomic mass is 10.2. The molecule has 0 saturated heterocycles. The molecule has 1 atom stereocenters. The molecule has 0 fully saturated rings. The molecule has 2 aromatic heterocycles. The van der Waals surface area contributed by atoms with E-state index in [1.165, 1.54) is 0 Å². The first-order chi connectivity index (χ1) is 9.16. The lowest BCUT2D eigenvalue weighted by molar-refractivity contribution is 0.301. The molecule has 0 aromatic carbocycles. The van der Waals surface area contributed by atoms with Gasteiger partial charge in [-0.15, -0.1) is 0 Å². The number of ether oxygens (including phenoxy) is 1. The van der Waals surface area contributed by atoms with Crippen molar-refractivity contribution in [1.29, 1.82) is 0 Å². The summed E-state index contributed by atoms with van der Waals surface area (Å²) in [6.45, 7) is 7.60. The average Bonchev–Trinajstić information content (AvgIpc) is 3.05. The number of aromatic nitrogens is 2. The average molecular weight is 263 g/mol. The van der Waals surface area contributed by atoms with Crippen molar-refractivity contribution in [3.05, 3.63) is 36.5 Å². The third-order valence-electron chi connectivity index (χ3n) is 2.90. The van der Waals surface area contributed by atoms with E-state index in [1.807, 2.05) is 23.0 Å². The fraction of sp³-hybridized carbons (Fsp3) is 0.500. The van der Waals surface area contributed by atoms with Crippen molar-refractivity contribution in [2.24, 2.45) is 0 Å². The Bertz CT molecular complexity index is 477. The highest BCUT2D eigenvalue weighted by molar-refractivity contribution is 5.12. The highest BCUT2D eigenvalue weighted by atomic mass is 16.5. The molecule has 2 rings (SSSR count). The molecule has 0 bridgehead atoms. The molecule has 1 unspecified atom stereocenters. The molecule has 0 radical (unpaired) electrons. The van der Waals surface area contributed by atoms with Crippen LogP contribution in [0.5, 0.6) is 5.75 Å². The first-order valence-electron chi connectivity index (χ1n) is 6.60. The number of furan rings is 1. The first kappa shape index (κ1) is 13.7. The minimum absolute atomic E-state index is 0.192. The summed E-state index contributed by atoms with van der Waals surface area (Å²) in [4.78, 5) is 0. The minimum atomic E-state index is 0.192. The molecule has 0 saturated carbocycles. The Labute approximate surface area is 113 Å². The second-order valence-corrected chi connectivity index (χ2v) is 4.79. The summed E-state index contributed by atoms with van der Waals surface area (Å²) in [5.74, 6) is 1.74. The van der Waals surface area contributed by atoms with E-state index in [9.17, 15) is 0 Å². The van der Waals surface area contributed by atoms with Crippen molar-refractivity contribution < 1.29 is 9.15 Å². The van der Waals surface area contributed by atoms with Gasteiger partial charge in [-0.25, -0.2) is 0 Å². The van der Waals surface area contributed by atoms with Gasteiger partial charge in [0.15, 0.2) is 5.75 Å². The van der Waals surface area contributed by atoms with Gasteiger partial charge in [-0.3, -0.25) is 4.68 Å². The molecule has 5 heteroatoms. The van der Waals surface area contributed by atoms with Crippen molar-refractivity contribution in [1.82, 2.24) is 15.1 Å². The zero-order chi connectivity index (χ0) is 13.7. The van der Waals surface area contributed by atoms with Gasteiger partial charge in [0.2, 0.25) is 0 Å². The van der Waals surface area contributed by atoms with Crippen molar-refractivity contribution in [2.75, 3.05) is 13.2 Å². The molecule has 1 N–H and O–H groups in total. The highest BCUT2D eigenvalue weighted by Crippen LogP contribution is 2.13. The van der Waals surface area contributed by atoms with Gasteiger partial charge < -0.3 is 14.5 Å². The van der Waals surface area contributed by atoms with E-state index in [4.69, 9.17) is 9.15 Å². The molecule has 0 aliphatic carbocycles. The number of hydrogen-bond acceptors (Lipinski definition) is 4. The van der Waals surface area contributed by atoms with Crippen LogP contribution in [0.4, 0.5) is 0 Å². The topological polar surface area (TPSA) is 52.2 Å². The predicted octanol–water partition coefficient (Wildman–Crippen LogP) is 2.79. The summed E-state index contributed by atoms with van der Waals surface area (Å²) >= 11 is 0. The van der Waals surface area contributed by atoms with E-state index in [0.29, 0.717) is 12.6 Å². The normalized spacial score (nSPS) is 12.8. The summed E-state index contributed by atoms with van der Waals surface area (Å²) in [5, 5.41) is 7.57. The fourth-order valence-corrected chi connectivity index (χ4v) is 1.76. The van der Waals surface area contributed by atoms with E-state index < -0.39 is 0 Å². The van der Waals surface area contributed by atoms with Crippen LogP contribution in [-0.2, 0) is 0 Å². The number of nitrogens with one attached hydrogen (secondary N) is 1. The van der Waals surface area contributed by atoms with Gasteiger partial charge >= 0.3 is 0 Å². The van der Waals surface area contributed by atoms with Crippen LogP contribution in [-0.4, -0.2) is 22.9 Å². The van der Waals surface area contributed by atoms with Gasteiger partial charge in [0, 0.05) is 12.6 Å². The second-order valence-electron chi connectivity index (χ2n) is 4.79. The Morgan fingerprint density at radius 2 is 2.26 bits per heavy atom. The molecule has 19 heavy (non-hydrogen) atoms. The highest BCUT2D eigenvalue weighted by Gasteiger charge is 2.07. The second kappa shape index (κ2) is 6.43. The quantitative estimate of drug-likeness (QED) is 0.780. The summed E-state index contributed by atoms with van der Waals surface area (Å²) in [6.07, 6.45) is 5.35. The van der Waals surface area contributed by atoms with Crippen molar-refractivity contribution in [2.45, 2.75) is 32.9 Å². The summed E-state index contributed by atoms with van der Waals surface area (Å²) in [5.41, 5.74) is 0. The van der Waals surface area contributed by atoms with Gasteiger partial charge in [0.25, 0.3) is 0 Å². The molecule has 0 spiro atoms.